The normalized spacial score (nSPS) is 12.9. The topological polar surface area (TPSA) is 53.4 Å². The van der Waals surface area contributed by atoms with Gasteiger partial charge in [-0.05, 0) is 49.7 Å². The monoisotopic (exact) mass is 388 g/mol. The van der Waals surface area contributed by atoms with E-state index in [9.17, 15) is 4.79 Å². The lowest BCUT2D eigenvalue weighted by Gasteiger charge is -2.16. The van der Waals surface area contributed by atoms with Crippen molar-refractivity contribution < 1.29 is 9.47 Å². The maximum Gasteiger partial charge on any atom is 0.262 e. The molecule has 0 bridgehead atoms. The van der Waals surface area contributed by atoms with Crippen LogP contribution < -0.4 is 15.0 Å². The van der Waals surface area contributed by atoms with Crippen LogP contribution in [0.3, 0.4) is 0 Å². The Morgan fingerprint density at radius 2 is 2.00 bits per heavy atom. The summed E-state index contributed by atoms with van der Waals surface area (Å²) in [5, 5.41) is 1.83. The number of ether oxygens (including phenoxy) is 2. The second kappa shape index (κ2) is 6.85. The van der Waals surface area contributed by atoms with Gasteiger partial charge in [0.05, 0.1) is 10.9 Å². The molecule has 0 unspecified atom stereocenters. The largest absolute Gasteiger partial charge is 0.454 e. The van der Waals surface area contributed by atoms with Crippen LogP contribution in [-0.2, 0) is 5.75 Å². The molecule has 0 saturated carbocycles. The molecule has 0 spiro atoms. The molecular formula is C19H17ClN2O3S. The fourth-order valence-electron chi connectivity index (χ4n) is 2.89. The van der Waals surface area contributed by atoms with E-state index in [2.05, 4.69) is 0 Å². The molecule has 1 aromatic heterocycles. The van der Waals surface area contributed by atoms with Crippen LogP contribution >= 0.6 is 23.4 Å². The van der Waals surface area contributed by atoms with Crippen molar-refractivity contribution in [1.29, 1.82) is 0 Å². The quantitative estimate of drug-likeness (QED) is 0.481. The number of rotatable bonds is 4. The molecule has 0 radical (unpaired) electrons. The number of benzene rings is 2. The Labute approximate surface area is 159 Å². The van der Waals surface area contributed by atoms with Gasteiger partial charge in [0, 0.05) is 16.8 Å². The minimum atomic E-state index is -0.0464. The summed E-state index contributed by atoms with van der Waals surface area (Å²) in [5.41, 5.74) is 1.65. The molecule has 0 N–H and O–H groups in total. The summed E-state index contributed by atoms with van der Waals surface area (Å²) in [6.45, 7) is 4.22. The fraction of sp³-hybridized carbons (Fsp3) is 0.263. The second-order valence-electron chi connectivity index (χ2n) is 6.30. The summed E-state index contributed by atoms with van der Waals surface area (Å²) in [6.07, 6.45) is 0. The van der Waals surface area contributed by atoms with Gasteiger partial charge in [-0.3, -0.25) is 9.36 Å². The Hall–Kier alpha value is -2.18. The fourth-order valence-corrected chi connectivity index (χ4v) is 4.12. The van der Waals surface area contributed by atoms with E-state index in [1.807, 2.05) is 32.0 Å². The highest BCUT2D eigenvalue weighted by Crippen LogP contribution is 2.34. The number of aromatic nitrogens is 2. The van der Waals surface area contributed by atoms with Gasteiger partial charge in [-0.1, -0.05) is 29.4 Å². The summed E-state index contributed by atoms with van der Waals surface area (Å²) in [7, 11) is 0. The highest BCUT2D eigenvalue weighted by molar-refractivity contribution is 7.98. The molecule has 3 aromatic rings. The number of fused-ring (bicyclic) bond motifs is 2. The average molecular weight is 389 g/mol. The van der Waals surface area contributed by atoms with Crippen LogP contribution in [0.4, 0.5) is 0 Å². The minimum absolute atomic E-state index is 0.00864. The Morgan fingerprint density at radius 3 is 2.81 bits per heavy atom. The summed E-state index contributed by atoms with van der Waals surface area (Å²) >= 11 is 7.59. The van der Waals surface area contributed by atoms with E-state index in [0.717, 1.165) is 17.1 Å². The van der Waals surface area contributed by atoms with Crippen LogP contribution in [0.25, 0.3) is 10.9 Å². The van der Waals surface area contributed by atoms with Crippen molar-refractivity contribution in [3.63, 3.8) is 0 Å². The minimum Gasteiger partial charge on any atom is -0.454 e. The zero-order chi connectivity index (χ0) is 18.3. The Kier molecular flexibility index (Phi) is 4.54. The van der Waals surface area contributed by atoms with Gasteiger partial charge in [-0.2, -0.15) is 0 Å². The van der Waals surface area contributed by atoms with Crippen LogP contribution in [0, 0.1) is 0 Å². The first-order valence-electron chi connectivity index (χ1n) is 8.26. The number of hydrogen-bond donors (Lipinski definition) is 0. The molecule has 0 amide bonds. The average Bonchev–Trinajstić information content (AvgIpc) is 3.07. The zero-order valence-corrected chi connectivity index (χ0v) is 15.9. The van der Waals surface area contributed by atoms with Crippen molar-refractivity contribution in [2.75, 3.05) is 6.79 Å². The van der Waals surface area contributed by atoms with Crippen LogP contribution in [0.15, 0.2) is 46.3 Å². The lowest BCUT2D eigenvalue weighted by atomic mass is 10.2. The molecule has 26 heavy (non-hydrogen) atoms. The Balaban J connectivity index is 1.70. The number of thioether (sulfide) groups is 1. The van der Waals surface area contributed by atoms with Gasteiger partial charge in [0.1, 0.15) is 0 Å². The predicted molar refractivity (Wildman–Crippen MR) is 104 cm³/mol. The van der Waals surface area contributed by atoms with Crippen LogP contribution in [0.1, 0.15) is 25.5 Å². The van der Waals surface area contributed by atoms with Gasteiger partial charge < -0.3 is 9.47 Å². The molecule has 4 rings (SSSR count). The van der Waals surface area contributed by atoms with Gasteiger partial charge in [0.25, 0.3) is 5.56 Å². The van der Waals surface area contributed by atoms with Crippen molar-refractivity contribution in [3.05, 3.63) is 57.3 Å². The van der Waals surface area contributed by atoms with Crippen LogP contribution in [0.2, 0.25) is 5.02 Å². The molecule has 2 heterocycles. The first-order valence-corrected chi connectivity index (χ1v) is 9.62. The summed E-state index contributed by atoms with van der Waals surface area (Å²) in [5.74, 6) is 2.18. The Bertz CT molecular complexity index is 1050. The van der Waals surface area contributed by atoms with Crippen molar-refractivity contribution in [3.8, 4) is 11.5 Å². The first-order chi connectivity index (χ1) is 12.5. The van der Waals surface area contributed by atoms with Crippen molar-refractivity contribution >= 4 is 34.3 Å². The molecule has 0 aliphatic carbocycles. The zero-order valence-electron chi connectivity index (χ0n) is 14.4. The van der Waals surface area contributed by atoms with Crippen molar-refractivity contribution in [1.82, 2.24) is 9.55 Å². The molecule has 0 fully saturated rings. The molecular weight excluding hydrogens is 372 g/mol. The highest BCUT2D eigenvalue weighted by atomic mass is 35.5. The first kappa shape index (κ1) is 17.2. The van der Waals surface area contributed by atoms with Gasteiger partial charge in [0.15, 0.2) is 16.7 Å². The van der Waals surface area contributed by atoms with Crippen LogP contribution in [-0.4, -0.2) is 16.3 Å². The third-order valence-corrected chi connectivity index (χ3v) is 5.41. The molecule has 2 aromatic carbocycles. The molecule has 0 atom stereocenters. The number of hydrogen-bond acceptors (Lipinski definition) is 5. The SMILES string of the molecule is CC(C)n1c(SCc2ccc3c(c2)OCO3)nc2cc(Cl)ccc2c1=O. The van der Waals surface area contributed by atoms with E-state index in [4.69, 9.17) is 26.1 Å². The van der Waals surface area contributed by atoms with Gasteiger partial charge in [0.2, 0.25) is 6.79 Å². The molecule has 0 saturated heterocycles. The van der Waals surface area contributed by atoms with E-state index in [0.29, 0.717) is 26.8 Å². The van der Waals surface area contributed by atoms with Gasteiger partial charge in [-0.25, -0.2) is 4.98 Å². The smallest absolute Gasteiger partial charge is 0.262 e. The maximum absolute atomic E-state index is 12.9. The lowest BCUT2D eigenvalue weighted by Crippen LogP contribution is -2.25. The predicted octanol–water partition coefficient (Wildman–Crippen LogP) is 4.65. The maximum atomic E-state index is 12.9. The Morgan fingerprint density at radius 1 is 1.19 bits per heavy atom. The van der Waals surface area contributed by atoms with Gasteiger partial charge >= 0.3 is 0 Å². The summed E-state index contributed by atoms with van der Waals surface area (Å²) in [6, 6.07) is 11.1. The highest BCUT2D eigenvalue weighted by Gasteiger charge is 2.16. The third kappa shape index (κ3) is 3.15. The molecule has 7 heteroatoms. The number of halogens is 1. The van der Waals surface area contributed by atoms with E-state index >= 15 is 0 Å². The van der Waals surface area contributed by atoms with E-state index in [1.54, 1.807) is 22.8 Å². The number of nitrogens with zero attached hydrogens (tertiary/aromatic N) is 2. The van der Waals surface area contributed by atoms with E-state index < -0.39 is 0 Å². The van der Waals surface area contributed by atoms with Crippen LogP contribution in [0.5, 0.6) is 11.5 Å². The third-order valence-electron chi connectivity index (χ3n) is 4.15. The molecule has 1 aliphatic heterocycles. The molecule has 5 nitrogen and oxygen atoms in total. The standard InChI is InChI=1S/C19H17ClN2O3S/c1-11(2)22-18(23)14-5-4-13(20)8-15(14)21-19(22)26-9-12-3-6-16-17(7-12)25-10-24-16/h3-8,11H,9-10H2,1-2H3. The van der Waals surface area contributed by atoms with Gasteiger partial charge in [-0.15, -0.1) is 0 Å². The van der Waals surface area contributed by atoms with E-state index in [1.165, 1.54) is 11.8 Å². The van der Waals surface area contributed by atoms with E-state index in [-0.39, 0.29) is 18.4 Å². The molecule has 134 valence electrons. The summed E-state index contributed by atoms with van der Waals surface area (Å²) < 4.78 is 12.5. The summed E-state index contributed by atoms with van der Waals surface area (Å²) in [4.78, 5) is 17.6. The molecule has 1 aliphatic rings. The second-order valence-corrected chi connectivity index (χ2v) is 7.68. The van der Waals surface area contributed by atoms with Crippen molar-refractivity contribution in [2.24, 2.45) is 0 Å². The lowest BCUT2D eigenvalue weighted by molar-refractivity contribution is 0.174. The van der Waals surface area contributed by atoms with Crippen molar-refractivity contribution in [2.45, 2.75) is 30.8 Å².